The van der Waals surface area contributed by atoms with E-state index in [0.29, 0.717) is 0 Å². The Bertz CT molecular complexity index is 144. The molecular weight excluding hydrogens is 208 g/mol. The molecule has 0 saturated heterocycles. The van der Waals surface area contributed by atoms with Crippen LogP contribution in [0.4, 0.5) is 0 Å². The molecular formula is C16H34O. The summed E-state index contributed by atoms with van der Waals surface area (Å²) < 4.78 is 0. The van der Waals surface area contributed by atoms with Crippen LogP contribution < -0.4 is 0 Å². The molecule has 0 aliphatic carbocycles. The molecule has 0 radical (unpaired) electrons. The summed E-state index contributed by atoms with van der Waals surface area (Å²) in [4.78, 5) is 0. The van der Waals surface area contributed by atoms with Crippen LogP contribution in [0, 0.1) is 5.92 Å². The lowest BCUT2D eigenvalue weighted by Gasteiger charge is -2.14. The van der Waals surface area contributed by atoms with E-state index in [1.54, 1.807) is 0 Å². The number of rotatable bonds is 12. The second-order valence-electron chi connectivity index (χ2n) is 5.68. The molecule has 2 atom stereocenters. The first-order valence-electron chi connectivity index (χ1n) is 7.88. The normalized spacial score (nSPS) is 14.8. The van der Waals surface area contributed by atoms with Gasteiger partial charge in [-0.3, -0.25) is 0 Å². The first-order valence-corrected chi connectivity index (χ1v) is 7.88. The summed E-state index contributed by atoms with van der Waals surface area (Å²) in [7, 11) is 0. The van der Waals surface area contributed by atoms with Gasteiger partial charge in [-0.25, -0.2) is 0 Å². The average molecular weight is 242 g/mol. The van der Waals surface area contributed by atoms with Crippen LogP contribution in [0.2, 0.25) is 0 Å². The molecule has 0 aromatic carbocycles. The minimum atomic E-state index is -0.0412. The highest BCUT2D eigenvalue weighted by Gasteiger charge is 2.07. The van der Waals surface area contributed by atoms with Crippen molar-refractivity contribution >= 4 is 0 Å². The fraction of sp³-hybridized carbons (Fsp3) is 1.00. The molecule has 17 heavy (non-hydrogen) atoms. The van der Waals surface area contributed by atoms with Gasteiger partial charge in [-0.1, -0.05) is 72.1 Å². The zero-order valence-electron chi connectivity index (χ0n) is 12.4. The molecule has 0 saturated carbocycles. The van der Waals surface area contributed by atoms with E-state index in [-0.39, 0.29) is 6.10 Å². The first kappa shape index (κ1) is 17.0. The van der Waals surface area contributed by atoms with Gasteiger partial charge in [0.05, 0.1) is 6.10 Å². The Morgan fingerprint density at radius 2 is 1.29 bits per heavy atom. The van der Waals surface area contributed by atoms with Gasteiger partial charge in [0.2, 0.25) is 0 Å². The minimum Gasteiger partial charge on any atom is -0.393 e. The summed E-state index contributed by atoms with van der Waals surface area (Å²) in [5.74, 6) is 0.798. The third-order valence-corrected chi connectivity index (χ3v) is 3.68. The fourth-order valence-corrected chi connectivity index (χ4v) is 2.32. The molecule has 1 heteroatoms. The molecule has 1 N–H and O–H groups in total. The van der Waals surface area contributed by atoms with Crippen molar-refractivity contribution in [2.75, 3.05) is 0 Å². The predicted molar refractivity (Wildman–Crippen MR) is 77.3 cm³/mol. The Hall–Kier alpha value is -0.0400. The summed E-state index contributed by atoms with van der Waals surface area (Å²) in [5, 5.41) is 9.87. The van der Waals surface area contributed by atoms with Crippen LogP contribution in [-0.2, 0) is 0 Å². The van der Waals surface area contributed by atoms with Gasteiger partial charge < -0.3 is 5.11 Å². The number of hydrogen-bond acceptors (Lipinski definition) is 1. The van der Waals surface area contributed by atoms with Crippen LogP contribution in [0.15, 0.2) is 0 Å². The lowest BCUT2D eigenvalue weighted by Crippen LogP contribution is -2.08. The molecule has 0 bridgehead atoms. The van der Waals surface area contributed by atoms with Gasteiger partial charge in [0, 0.05) is 0 Å². The van der Waals surface area contributed by atoms with Crippen molar-refractivity contribution in [1.29, 1.82) is 0 Å². The maximum absolute atomic E-state index is 9.87. The fourth-order valence-electron chi connectivity index (χ4n) is 2.32. The third-order valence-electron chi connectivity index (χ3n) is 3.68. The summed E-state index contributed by atoms with van der Waals surface area (Å²) in [6, 6.07) is 0. The van der Waals surface area contributed by atoms with E-state index in [1.165, 1.54) is 57.8 Å². The second kappa shape index (κ2) is 12.4. The van der Waals surface area contributed by atoms with Crippen molar-refractivity contribution < 1.29 is 5.11 Å². The monoisotopic (exact) mass is 242 g/mol. The van der Waals surface area contributed by atoms with Crippen molar-refractivity contribution in [3.8, 4) is 0 Å². The van der Waals surface area contributed by atoms with Crippen LogP contribution in [0.3, 0.4) is 0 Å². The van der Waals surface area contributed by atoms with E-state index in [1.807, 2.05) is 0 Å². The van der Waals surface area contributed by atoms with Crippen molar-refractivity contribution in [2.24, 2.45) is 5.92 Å². The van der Waals surface area contributed by atoms with Crippen molar-refractivity contribution in [3.63, 3.8) is 0 Å². The summed E-state index contributed by atoms with van der Waals surface area (Å²) in [6.45, 7) is 6.82. The van der Waals surface area contributed by atoms with Crippen molar-refractivity contribution in [2.45, 2.75) is 97.5 Å². The van der Waals surface area contributed by atoms with Gasteiger partial charge in [0.15, 0.2) is 0 Å². The lowest BCUT2D eigenvalue weighted by molar-refractivity contribution is 0.141. The average Bonchev–Trinajstić information content (AvgIpc) is 2.32. The van der Waals surface area contributed by atoms with E-state index in [0.717, 1.165) is 18.8 Å². The Morgan fingerprint density at radius 1 is 0.706 bits per heavy atom. The van der Waals surface area contributed by atoms with Crippen LogP contribution in [-0.4, -0.2) is 11.2 Å². The van der Waals surface area contributed by atoms with Crippen LogP contribution in [0.1, 0.15) is 91.4 Å². The maximum atomic E-state index is 9.87. The van der Waals surface area contributed by atoms with E-state index >= 15 is 0 Å². The Kier molecular flexibility index (Phi) is 12.4. The first-order chi connectivity index (χ1) is 8.20. The molecule has 0 rings (SSSR count). The van der Waals surface area contributed by atoms with Crippen molar-refractivity contribution in [1.82, 2.24) is 0 Å². The van der Waals surface area contributed by atoms with Crippen LogP contribution in [0.25, 0.3) is 0 Å². The van der Waals surface area contributed by atoms with Gasteiger partial charge in [0.1, 0.15) is 0 Å². The van der Waals surface area contributed by atoms with E-state index in [9.17, 15) is 5.11 Å². The quantitative estimate of drug-likeness (QED) is 0.460. The van der Waals surface area contributed by atoms with E-state index < -0.39 is 0 Å². The van der Waals surface area contributed by atoms with E-state index in [2.05, 4.69) is 20.8 Å². The largest absolute Gasteiger partial charge is 0.393 e. The Labute approximate surface area is 109 Å². The highest BCUT2D eigenvalue weighted by Crippen LogP contribution is 2.18. The third kappa shape index (κ3) is 12.2. The number of hydrogen-bond donors (Lipinski definition) is 1. The zero-order valence-corrected chi connectivity index (χ0v) is 12.4. The van der Waals surface area contributed by atoms with Gasteiger partial charge in [-0.05, 0) is 25.2 Å². The molecule has 0 aromatic rings. The van der Waals surface area contributed by atoms with Gasteiger partial charge in [-0.15, -0.1) is 0 Å². The molecule has 0 fully saturated rings. The lowest BCUT2D eigenvalue weighted by atomic mass is 9.95. The van der Waals surface area contributed by atoms with E-state index in [4.69, 9.17) is 0 Å². The standard InChI is InChI=1S/C16H34O/c1-4-6-8-10-12-16(17)14-13-15(3)11-9-7-5-2/h15-17H,4-14H2,1-3H3. The highest BCUT2D eigenvalue weighted by atomic mass is 16.3. The molecule has 1 nitrogen and oxygen atoms in total. The molecule has 0 spiro atoms. The number of unbranched alkanes of at least 4 members (excludes halogenated alkanes) is 5. The molecule has 0 aliphatic rings. The summed E-state index contributed by atoms with van der Waals surface area (Å²) in [6.07, 6.45) is 13.7. The highest BCUT2D eigenvalue weighted by molar-refractivity contribution is 4.61. The Morgan fingerprint density at radius 3 is 1.94 bits per heavy atom. The van der Waals surface area contributed by atoms with Gasteiger partial charge in [-0.2, -0.15) is 0 Å². The van der Waals surface area contributed by atoms with Gasteiger partial charge >= 0.3 is 0 Å². The predicted octanol–water partition coefficient (Wildman–Crippen LogP) is 5.31. The molecule has 2 unspecified atom stereocenters. The summed E-state index contributed by atoms with van der Waals surface area (Å²) in [5.41, 5.74) is 0. The van der Waals surface area contributed by atoms with Gasteiger partial charge in [0.25, 0.3) is 0 Å². The Balaban J connectivity index is 3.32. The molecule has 0 amide bonds. The smallest absolute Gasteiger partial charge is 0.0540 e. The van der Waals surface area contributed by atoms with Crippen molar-refractivity contribution in [3.05, 3.63) is 0 Å². The number of aliphatic hydroxyl groups is 1. The molecule has 0 aliphatic heterocycles. The SMILES string of the molecule is CCCCCCC(O)CCC(C)CCCCC. The van der Waals surface area contributed by atoms with Crippen LogP contribution in [0.5, 0.6) is 0 Å². The topological polar surface area (TPSA) is 20.2 Å². The van der Waals surface area contributed by atoms with Crippen LogP contribution >= 0.6 is 0 Å². The summed E-state index contributed by atoms with van der Waals surface area (Å²) >= 11 is 0. The molecule has 0 aromatic heterocycles. The molecule has 104 valence electrons. The minimum absolute atomic E-state index is 0.0412. The number of aliphatic hydroxyl groups excluding tert-OH is 1. The molecule has 0 heterocycles. The maximum Gasteiger partial charge on any atom is 0.0540 e. The second-order valence-corrected chi connectivity index (χ2v) is 5.68. The zero-order chi connectivity index (χ0) is 12.9.